The van der Waals surface area contributed by atoms with Crippen LogP contribution in [0.1, 0.15) is 26.4 Å². The smallest absolute Gasteiger partial charge is 0.261 e. The molecule has 1 N–H and O–H groups in total. The molecule has 6 rings (SSSR count). The van der Waals surface area contributed by atoms with Gasteiger partial charge in [-0.15, -0.1) is 22.7 Å². The molecule has 0 atom stereocenters. The molecule has 1 amide bonds. The van der Waals surface area contributed by atoms with Crippen LogP contribution in [-0.2, 0) is 19.5 Å². The molecular formula is C23H19N5OS2. The number of aromatic nitrogens is 3. The molecule has 0 fully saturated rings. The Bertz CT molecular complexity index is 1400. The monoisotopic (exact) mass is 445 g/mol. The fourth-order valence-electron chi connectivity index (χ4n) is 4.03. The lowest BCUT2D eigenvalue weighted by Gasteiger charge is -2.29. The Balaban J connectivity index is 1.11. The molecule has 0 saturated heterocycles. The predicted octanol–water partition coefficient (Wildman–Crippen LogP) is 4.50. The molecule has 0 aliphatic carbocycles. The van der Waals surface area contributed by atoms with Gasteiger partial charge in [0.2, 0.25) is 0 Å². The average molecular weight is 446 g/mol. The third kappa shape index (κ3) is 3.37. The minimum atomic E-state index is -0.0799. The summed E-state index contributed by atoms with van der Waals surface area (Å²) in [7, 11) is 0. The van der Waals surface area contributed by atoms with Gasteiger partial charge in [0.1, 0.15) is 10.6 Å². The minimum absolute atomic E-state index is 0.0799. The van der Waals surface area contributed by atoms with Crippen molar-refractivity contribution in [1.82, 2.24) is 19.7 Å². The number of amides is 1. The van der Waals surface area contributed by atoms with Crippen LogP contribution in [0.3, 0.4) is 0 Å². The molecule has 1 aromatic carbocycles. The van der Waals surface area contributed by atoms with E-state index < -0.39 is 0 Å². The van der Waals surface area contributed by atoms with Gasteiger partial charge in [0.25, 0.3) is 5.91 Å². The second-order valence-electron chi connectivity index (χ2n) is 7.62. The van der Waals surface area contributed by atoms with Crippen molar-refractivity contribution in [3.8, 4) is 0 Å². The number of carbonyl (C=O) groups excluding carboxylic acids is 1. The van der Waals surface area contributed by atoms with Gasteiger partial charge in [-0.3, -0.25) is 9.20 Å². The van der Waals surface area contributed by atoms with Gasteiger partial charge in [0, 0.05) is 37.4 Å². The number of thiazole rings is 1. The van der Waals surface area contributed by atoms with E-state index >= 15 is 0 Å². The van der Waals surface area contributed by atoms with Crippen molar-refractivity contribution in [2.75, 3.05) is 11.4 Å². The molecular weight excluding hydrogens is 426 g/mol. The number of nitrogens with zero attached hydrogens (tertiary/aromatic N) is 4. The Labute approximate surface area is 186 Å². The SMILES string of the molecule is O=C(NCc1ccc(N2CCc3ccccc3C2)nc1)c1cc2c(nc3sccn32)s1. The zero-order chi connectivity index (χ0) is 20.8. The Morgan fingerprint density at radius 3 is 2.94 bits per heavy atom. The van der Waals surface area contributed by atoms with Gasteiger partial charge >= 0.3 is 0 Å². The number of carbonyl (C=O) groups is 1. The number of benzene rings is 1. The number of rotatable bonds is 4. The lowest BCUT2D eigenvalue weighted by molar-refractivity contribution is 0.0955. The molecule has 0 radical (unpaired) electrons. The van der Waals surface area contributed by atoms with Gasteiger partial charge in [0.15, 0.2) is 4.96 Å². The van der Waals surface area contributed by atoms with E-state index in [9.17, 15) is 4.79 Å². The number of thiophene rings is 1. The summed E-state index contributed by atoms with van der Waals surface area (Å²) in [5.74, 6) is 0.896. The molecule has 1 aliphatic heterocycles. The second-order valence-corrected chi connectivity index (χ2v) is 9.52. The van der Waals surface area contributed by atoms with Crippen molar-refractivity contribution in [1.29, 1.82) is 0 Å². The van der Waals surface area contributed by atoms with E-state index in [1.165, 1.54) is 22.5 Å². The third-order valence-electron chi connectivity index (χ3n) is 5.68. The molecule has 154 valence electrons. The van der Waals surface area contributed by atoms with Crippen LogP contribution >= 0.6 is 22.7 Å². The molecule has 5 aromatic rings. The van der Waals surface area contributed by atoms with Crippen LogP contribution in [0.5, 0.6) is 0 Å². The third-order valence-corrected chi connectivity index (χ3v) is 7.45. The molecule has 0 saturated carbocycles. The number of fused-ring (bicyclic) bond motifs is 4. The van der Waals surface area contributed by atoms with Gasteiger partial charge in [-0.25, -0.2) is 9.97 Å². The van der Waals surface area contributed by atoms with E-state index in [2.05, 4.69) is 44.5 Å². The summed E-state index contributed by atoms with van der Waals surface area (Å²) in [5, 5.41) is 5.00. The maximum atomic E-state index is 12.6. The molecule has 4 aromatic heterocycles. The molecule has 0 unspecified atom stereocenters. The van der Waals surface area contributed by atoms with Crippen LogP contribution in [-0.4, -0.2) is 26.8 Å². The summed E-state index contributed by atoms with van der Waals surface area (Å²) in [4.78, 5) is 26.7. The lowest BCUT2D eigenvalue weighted by Crippen LogP contribution is -2.31. The van der Waals surface area contributed by atoms with Crippen molar-refractivity contribution in [3.63, 3.8) is 0 Å². The largest absolute Gasteiger partial charge is 0.352 e. The molecule has 8 heteroatoms. The Morgan fingerprint density at radius 1 is 1.16 bits per heavy atom. The van der Waals surface area contributed by atoms with Crippen LogP contribution in [0.25, 0.3) is 15.3 Å². The summed E-state index contributed by atoms with van der Waals surface area (Å²) in [6.45, 7) is 2.31. The maximum Gasteiger partial charge on any atom is 0.261 e. The van der Waals surface area contributed by atoms with E-state index in [4.69, 9.17) is 0 Å². The summed E-state index contributed by atoms with van der Waals surface area (Å²) in [6.07, 6.45) is 4.88. The maximum absolute atomic E-state index is 12.6. The van der Waals surface area contributed by atoms with Crippen molar-refractivity contribution in [3.05, 3.63) is 81.8 Å². The van der Waals surface area contributed by atoms with Crippen LogP contribution in [0.4, 0.5) is 5.82 Å². The number of pyridine rings is 1. The lowest BCUT2D eigenvalue weighted by atomic mass is 10.00. The highest BCUT2D eigenvalue weighted by Gasteiger charge is 2.17. The van der Waals surface area contributed by atoms with E-state index in [1.807, 2.05) is 40.4 Å². The first-order valence-electron chi connectivity index (χ1n) is 10.1. The van der Waals surface area contributed by atoms with E-state index in [-0.39, 0.29) is 5.91 Å². The van der Waals surface area contributed by atoms with E-state index in [1.54, 1.807) is 11.3 Å². The molecule has 6 nitrogen and oxygen atoms in total. The quantitative estimate of drug-likeness (QED) is 0.443. The molecule has 1 aliphatic rings. The number of hydrogen-bond acceptors (Lipinski definition) is 6. The predicted molar refractivity (Wildman–Crippen MR) is 125 cm³/mol. The van der Waals surface area contributed by atoms with Gasteiger partial charge in [0.05, 0.1) is 10.4 Å². The molecule has 0 bridgehead atoms. The van der Waals surface area contributed by atoms with Crippen molar-refractivity contribution in [2.24, 2.45) is 0 Å². The Morgan fingerprint density at radius 2 is 2.06 bits per heavy atom. The van der Waals surface area contributed by atoms with E-state index in [0.717, 1.165) is 46.2 Å². The second kappa shape index (κ2) is 7.47. The summed E-state index contributed by atoms with van der Waals surface area (Å²) >= 11 is 3.02. The van der Waals surface area contributed by atoms with E-state index in [0.29, 0.717) is 11.4 Å². The zero-order valence-corrected chi connectivity index (χ0v) is 18.2. The summed E-state index contributed by atoms with van der Waals surface area (Å²) in [5.41, 5.74) is 4.77. The number of anilines is 1. The average Bonchev–Trinajstić information content (AvgIpc) is 3.50. The normalized spacial score (nSPS) is 13.6. The molecule has 5 heterocycles. The first-order chi connectivity index (χ1) is 15.2. The highest BCUT2D eigenvalue weighted by molar-refractivity contribution is 7.21. The zero-order valence-electron chi connectivity index (χ0n) is 16.6. The van der Waals surface area contributed by atoms with Gasteiger partial charge in [-0.05, 0) is 35.2 Å². The first kappa shape index (κ1) is 18.5. The molecule has 31 heavy (non-hydrogen) atoms. The van der Waals surface area contributed by atoms with Gasteiger partial charge < -0.3 is 10.2 Å². The van der Waals surface area contributed by atoms with Crippen LogP contribution in [0.2, 0.25) is 0 Å². The van der Waals surface area contributed by atoms with Crippen LogP contribution < -0.4 is 10.2 Å². The standard InChI is InChI=1S/C23H19N5OS2/c29-21(19-11-18-22(31-19)26-23-28(18)9-10-30-23)25-13-15-5-6-20(24-12-15)27-8-7-16-3-1-2-4-17(16)14-27/h1-6,9-12H,7-8,13-14H2,(H,25,29). The highest BCUT2D eigenvalue weighted by Crippen LogP contribution is 2.28. The van der Waals surface area contributed by atoms with Crippen molar-refractivity contribution >= 4 is 49.7 Å². The Hall–Kier alpha value is -3.23. The number of hydrogen-bond donors (Lipinski definition) is 1. The van der Waals surface area contributed by atoms with Crippen LogP contribution in [0, 0.1) is 0 Å². The topological polar surface area (TPSA) is 62.5 Å². The van der Waals surface area contributed by atoms with Crippen LogP contribution in [0.15, 0.2) is 60.2 Å². The first-order valence-corrected chi connectivity index (χ1v) is 11.8. The van der Waals surface area contributed by atoms with Crippen molar-refractivity contribution < 1.29 is 4.79 Å². The minimum Gasteiger partial charge on any atom is -0.352 e. The van der Waals surface area contributed by atoms with Gasteiger partial charge in [-0.1, -0.05) is 30.3 Å². The summed E-state index contributed by atoms with van der Waals surface area (Å²) in [6, 6.07) is 14.6. The fourth-order valence-corrected chi connectivity index (χ4v) is 5.75. The molecule has 0 spiro atoms. The fraction of sp³-hybridized carbons (Fsp3) is 0.174. The van der Waals surface area contributed by atoms with Gasteiger partial charge in [-0.2, -0.15) is 0 Å². The number of nitrogens with one attached hydrogen (secondary N) is 1. The van der Waals surface area contributed by atoms with Crippen molar-refractivity contribution in [2.45, 2.75) is 19.5 Å². The Kier molecular flexibility index (Phi) is 4.47. The highest BCUT2D eigenvalue weighted by atomic mass is 32.1. The summed E-state index contributed by atoms with van der Waals surface area (Å²) < 4.78 is 2.02. The number of imidazole rings is 1.